The first-order chi connectivity index (χ1) is 15.3. The van der Waals surface area contributed by atoms with Crippen molar-refractivity contribution in [1.82, 2.24) is 0 Å². The van der Waals surface area contributed by atoms with Gasteiger partial charge in [-0.1, -0.05) is 42.5 Å². The molecule has 3 aromatic rings. The number of hydrogen-bond donors (Lipinski definition) is 2. The molecule has 0 saturated heterocycles. The van der Waals surface area contributed by atoms with Gasteiger partial charge in [0.15, 0.2) is 0 Å². The van der Waals surface area contributed by atoms with E-state index in [1.807, 2.05) is 73.6 Å². The average Bonchev–Trinajstić information content (AvgIpc) is 3.10. The largest absolute Gasteiger partial charge is 0.378 e. The molecule has 0 aromatic heterocycles. The number of anilines is 3. The first-order valence-corrected chi connectivity index (χ1v) is 12.0. The van der Waals surface area contributed by atoms with E-state index in [1.54, 1.807) is 25.1 Å². The molecule has 0 aliphatic carbocycles. The van der Waals surface area contributed by atoms with Crippen LogP contribution in [0.1, 0.15) is 23.6 Å². The topological polar surface area (TPSA) is 78.5 Å². The van der Waals surface area contributed by atoms with E-state index in [0.29, 0.717) is 22.5 Å². The van der Waals surface area contributed by atoms with Crippen molar-refractivity contribution < 1.29 is 13.2 Å². The molecular weight excluding hydrogens is 422 g/mol. The second kappa shape index (κ2) is 8.51. The van der Waals surface area contributed by atoms with Crippen molar-refractivity contribution in [2.24, 2.45) is 0 Å². The molecule has 0 unspecified atom stereocenters. The molecule has 0 radical (unpaired) electrons. The van der Waals surface area contributed by atoms with Crippen LogP contribution in [0.5, 0.6) is 0 Å². The van der Waals surface area contributed by atoms with Gasteiger partial charge in [-0.15, -0.1) is 0 Å². The van der Waals surface area contributed by atoms with Gasteiger partial charge in [0.05, 0.1) is 11.3 Å². The number of nitrogens with zero attached hydrogens (tertiary/aromatic N) is 1. The van der Waals surface area contributed by atoms with Gasteiger partial charge in [0.1, 0.15) is 0 Å². The summed E-state index contributed by atoms with van der Waals surface area (Å²) in [6.07, 6.45) is 0. The maximum absolute atomic E-state index is 13.1. The maximum Gasteiger partial charge on any atom is 0.257 e. The zero-order chi connectivity index (χ0) is 22.9. The smallest absolute Gasteiger partial charge is 0.257 e. The minimum Gasteiger partial charge on any atom is -0.378 e. The normalized spacial score (nSPS) is 14.5. The Kier molecular flexibility index (Phi) is 5.76. The van der Waals surface area contributed by atoms with Crippen LogP contribution in [-0.2, 0) is 14.8 Å². The third kappa shape index (κ3) is 4.24. The van der Waals surface area contributed by atoms with Crippen molar-refractivity contribution in [3.8, 4) is 0 Å². The van der Waals surface area contributed by atoms with Crippen molar-refractivity contribution in [3.05, 3.63) is 89.5 Å². The average molecular weight is 448 g/mol. The molecule has 32 heavy (non-hydrogen) atoms. The molecule has 6 nitrogen and oxygen atoms in total. The van der Waals surface area contributed by atoms with Crippen molar-refractivity contribution in [2.45, 2.75) is 6.92 Å². The Morgan fingerprint density at radius 2 is 1.59 bits per heavy atom. The lowest BCUT2D eigenvalue weighted by atomic mass is 9.90. The zero-order valence-electron chi connectivity index (χ0n) is 18.2. The Morgan fingerprint density at radius 3 is 2.22 bits per heavy atom. The summed E-state index contributed by atoms with van der Waals surface area (Å²) in [5.41, 5.74) is 5.92. The van der Waals surface area contributed by atoms with Gasteiger partial charge in [-0.05, 0) is 48.4 Å². The molecule has 164 valence electrons. The van der Waals surface area contributed by atoms with Crippen LogP contribution in [0.15, 0.2) is 72.8 Å². The van der Waals surface area contributed by atoms with E-state index in [4.69, 9.17) is 0 Å². The van der Waals surface area contributed by atoms with Gasteiger partial charge in [0.25, 0.3) is 5.91 Å². The van der Waals surface area contributed by atoms with E-state index in [0.717, 1.165) is 22.4 Å². The molecule has 1 aliphatic heterocycles. The Bertz CT molecular complexity index is 1300. The molecule has 1 amide bonds. The summed E-state index contributed by atoms with van der Waals surface area (Å²) in [5, 5.41) is 2.92. The van der Waals surface area contributed by atoms with Gasteiger partial charge in [-0.25, -0.2) is 8.42 Å². The molecule has 1 heterocycles. The van der Waals surface area contributed by atoms with E-state index in [9.17, 15) is 13.2 Å². The predicted octanol–water partition coefficient (Wildman–Crippen LogP) is 4.43. The number of benzene rings is 3. The molecule has 3 aromatic carbocycles. The molecule has 0 bridgehead atoms. The van der Waals surface area contributed by atoms with Crippen LogP contribution in [0.25, 0.3) is 11.1 Å². The van der Waals surface area contributed by atoms with Crippen molar-refractivity contribution in [3.63, 3.8) is 0 Å². The van der Waals surface area contributed by atoms with Crippen LogP contribution < -0.4 is 14.9 Å². The standard InChI is InChI=1S/C25H25N3O3S/c1-4-32(30,31)27-19-12-15-22-21(16-19)24(25(29)26-22)23(17-8-6-5-7-9-17)18-10-13-20(14-11-18)28(2)3/h5-16,27H,4H2,1-3H3,(H,26,29). The highest BCUT2D eigenvalue weighted by atomic mass is 32.2. The Labute approximate surface area is 188 Å². The highest BCUT2D eigenvalue weighted by Crippen LogP contribution is 2.41. The number of rotatable bonds is 6. The first-order valence-electron chi connectivity index (χ1n) is 10.3. The lowest BCUT2D eigenvalue weighted by Gasteiger charge is -2.16. The third-order valence-corrected chi connectivity index (χ3v) is 6.71. The lowest BCUT2D eigenvalue weighted by Crippen LogP contribution is -2.14. The summed E-state index contributed by atoms with van der Waals surface area (Å²) in [4.78, 5) is 15.1. The molecule has 0 spiro atoms. The molecule has 7 heteroatoms. The minimum atomic E-state index is -3.43. The van der Waals surface area contributed by atoms with Crippen LogP contribution in [0.3, 0.4) is 0 Å². The van der Waals surface area contributed by atoms with E-state index in [2.05, 4.69) is 10.0 Å². The van der Waals surface area contributed by atoms with E-state index >= 15 is 0 Å². The third-order valence-electron chi connectivity index (χ3n) is 5.40. The lowest BCUT2D eigenvalue weighted by molar-refractivity contribution is -0.110. The van der Waals surface area contributed by atoms with Crippen LogP contribution in [0.2, 0.25) is 0 Å². The zero-order valence-corrected chi connectivity index (χ0v) is 19.0. The Balaban J connectivity index is 1.93. The second-order valence-electron chi connectivity index (χ2n) is 7.78. The van der Waals surface area contributed by atoms with Gasteiger partial charge in [0.2, 0.25) is 10.0 Å². The molecule has 0 atom stereocenters. The first kappa shape index (κ1) is 21.6. The van der Waals surface area contributed by atoms with Gasteiger partial charge >= 0.3 is 0 Å². The fourth-order valence-corrected chi connectivity index (χ4v) is 4.35. The molecule has 0 fully saturated rings. The summed E-state index contributed by atoms with van der Waals surface area (Å²) >= 11 is 0. The fraction of sp³-hybridized carbons (Fsp3) is 0.160. The summed E-state index contributed by atoms with van der Waals surface area (Å²) in [6.45, 7) is 1.58. The maximum atomic E-state index is 13.1. The highest BCUT2D eigenvalue weighted by Gasteiger charge is 2.29. The quantitative estimate of drug-likeness (QED) is 0.548. The SMILES string of the molecule is CCS(=O)(=O)Nc1ccc2c(c1)C(=C(c1ccccc1)c1ccc(N(C)C)cc1)C(=O)N2. The van der Waals surface area contributed by atoms with E-state index < -0.39 is 10.0 Å². The van der Waals surface area contributed by atoms with Gasteiger partial charge in [0, 0.05) is 42.3 Å². The van der Waals surface area contributed by atoms with Gasteiger partial charge < -0.3 is 10.2 Å². The predicted molar refractivity (Wildman–Crippen MR) is 131 cm³/mol. The van der Waals surface area contributed by atoms with Crippen LogP contribution >= 0.6 is 0 Å². The van der Waals surface area contributed by atoms with Gasteiger partial charge in [-0.2, -0.15) is 0 Å². The van der Waals surface area contributed by atoms with Crippen LogP contribution in [0.4, 0.5) is 17.1 Å². The second-order valence-corrected chi connectivity index (χ2v) is 9.79. The van der Waals surface area contributed by atoms with E-state index in [-0.39, 0.29) is 11.7 Å². The molecule has 1 aliphatic rings. The molecule has 0 saturated carbocycles. The van der Waals surface area contributed by atoms with Crippen molar-refractivity contribution >= 4 is 44.1 Å². The summed E-state index contributed by atoms with van der Waals surface area (Å²) < 4.78 is 26.7. The highest BCUT2D eigenvalue weighted by molar-refractivity contribution is 7.92. The number of carbonyl (C=O) groups is 1. The van der Waals surface area contributed by atoms with Crippen molar-refractivity contribution in [1.29, 1.82) is 0 Å². The number of sulfonamides is 1. The molecule has 4 rings (SSSR count). The fourth-order valence-electron chi connectivity index (χ4n) is 3.72. The number of carbonyl (C=O) groups excluding carboxylic acids is 1. The summed E-state index contributed by atoms with van der Waals surface area (Å²) in [6, 6.07) is 22.9. The number of amides is 1. The monoisotopic (exact) mass is 447 g/mol. The van der Waals surface area contributed by atoms with Crippen LogP contribution in [0, 0.1) is 0 Å². The minimum absolute atomic E-state index is 0.0303. The summed E-state index contributed by atoms with van der Waals surface area (Å²) in [5.74, 6) is -0.247. The number of nitrogens with one attached hydrogen (secondary N) is 2. The molecular formula is C25H25N3O3S. The number of hydrogen-bond acceptors (Lipinski definition) is 4. The molecule has 2 N–H and O–H groups in total. The van der Waals surface area contributed by atoms with Crippen molar-refractivity contribution in [2.75, 3.05) is 34.8 Å². The van der Waals surface area contributed by atoms with Gasteiger partial charge in [-0.3, -0.25) is 9.52 Å². The Morgan fingerprint density at radius 1 is 0.938 bits per heavy atom. The van der Waals surface area contributed by atoms with Crippen LogP contribution in [-0.4, -0.2) is 34.2 Å². The Hall–Kier alpha value is -3.58. The summed E-state index contributed by atoms with van der Waals surface area (Å²) in [7, 11) is 0.520. The number of fused-ring (bicyclic) bond motifs is 1. The van der Waals surface area contributed by atoms with E-state index in [1.165, 1.54) is 0 Å².